The molecule has 1 amide bonds. The Bertz CT molecular complexity index is 621. The standard InChI is InChI=1S/C17H23ClN2O5/c1-3-5-6-12(4-2)10-19-16(21)11-25-17(22)14-8-7-13(18)9-15(14)20(23)24/h7-9,12H,3-6,10-11H2,1-2H3,(H,19,21)/t12-/m1/s1. The number of hydrogen-bond acceptors (Lipinski definition) is 5. The van der Waals surface area contributed by atoms with Crippen LogP contribution in [0.25, 0.3) is 0 Å². The molecule has 25 heavy (non-hydrogen) atoms. The molecule has 1 aromatic carbocycles. The van der Waals surface area contributed by atoms with Gasteiger partial charge in [-0.15, -0.1) is 0 Å². The van der Waals surface area contributed by atoms with Gasteiger partial charge in [0.2, 0.25) is 0 Å². The molecule has 0 heterocycles. The normalized spacial score (nSPS) is 11.6. The van der Waals surface area contributed by atoms with Crippen molar-refractivity contribution in [1.29, 1.82) is 0 Å². The van der Waals surface area contributed by atoms with Crippen LogP contribution >= 0.6 is 11.6 Å². The van der Waals surface area contributed by atoms with Gasteiger partial charge in [0.1, 0.15) is 5.56 Å². The molecule has 0 aliphatic heterocycles. The van der Waals surface area contributed by atoms with Crippen molar-refractivity contribution in [3.8, 4) is 0 Å². The Labute approximate surface area is 151 Å². The van der Waals surface area contributed by atoms with Crippen molar-refractivity contribution in [2.24, 2.45) is 5.92 Å². The topological polar surface area (TPSA) is 98.5 Å². The predicted molar refractivity (Wildman–Crippen MR) is 94.7 cm³/mol. The summed E-state index contributed by atoms with van der Waals surface area (Å²) >= 11 is 5.69. The minimum Gasteiger partial charge on any atom is -0.452 e. The first kappa shape index (κ1) is 20.9. The molecule has 0 spiro atoms. The van der Waals surface area contributed by atoms with Gasteiger partial charge in [-0.3, -0.25) is 14.9 Å². The number of nitro groups is 1. The van der Waals surface area contributed by atoms with E-state index in [4.69, 9.17) is 16.3 Å². The molecule has 0 aromatic heterocycles. The number of nitrogens with one attached hydrogen (secondary N) is 1. The van der Waals surface area contributed by atoms with Gasteiger partial charge in [-0.2, -0.15) is 0 Å². The first-order chi connectivity index (χ1) is 11.9. The number of rotatable bonds is 10. The zero-order valence-corrected chi connectivity index (χ0v) is 15.2. The van der Waals surface area contributed by atoms with Crippen molar-refractivity contribution in [3.63, 3.8) is 0 Å². The number of carbonyl (C=O) groups is 2. The van der Waals surface area contributed by atoms with Gasteiger partial charge in [-0.1, -0.05) is 44.7 Å². The highest BCUT2D eigenvalue weighted by molar-refractivity contribution is 6.31. The van der Waals surface area contributed by atoms with Crippen molar-refractivity contribution in [1.82, 2.24) is 5.32 Å². The summed E-state index contributed by atoms with van der Waals surface area (Å²) in [6.45, 7) is 4.21. The van der Waals surface area contributed by atoms with Crippen molar-refractivity contribution in [2.75, 3.05) is 13.2 Å². The Morgan fingerprint density at radius 2 is 2.08 bits per heavy atom. The number of unbranched alkanes of at least 4 members (excludes halogenated alkanes) is 1. The first-order valence-corrected chi connectivity index (χ1v) is 8.64. The van der Waals surface area contributed by atoms with Gasteiger partial charge in [0.15, 0.2) is 6.61 Å². The summed E-state index contributed by atoms with van der Waals surface area (Å²) in [6.07, 6.45) is 4.19. The summed E-state index contributed by atoms with van der Waals surface area (Å²) in [5.41, 5.74) is -0.694. The summed E-state index contributed by atoms with van der Waals surface area (Å²) in [7, 11) is 0. The van der Waals surface area contributed by atoms with Gasteiger partial charge in [-0.25, -0.2) is 4.79 Å². The zero-order chi connectivity index (χ0) is 18.8. The van der Waals surface area contributed by atoms with Gasteiger partial charge in [0, 0.05) is 17.6 Å². The van der Waals surface area contributed by atoms with E-state index in [-0.39, 0.29) is 10.6 Å². The van der Waals surface area contributed by atoms with Crippen LogP contribution in [0.2, 0.25) is 5.02 Å². The van der Waals surface area contributed by atoms with Gasteiger partial charge < -0.3 is 10.1 Å². The predicted octanol–water partition coefficient (Wildman–Crippen LogP) is 3.74. The molecule has 1 atom stereocenters. The number of esters is 1. The number of benzene rings is 1. The highest BCUT2D eigenvalue weighted by atomic mass is 35.5. The number of ether oxygens (including phenoxy) is 1. The van der Waals surface area contributed by atoms with Crippen molar-refractivity contribution in [3.05, 3.63) is 38.9 Å². The highest BCUT2D eigenvalue weighted by Crippen LogP contribution is 2.23. The second kappa shape index (κ2) is 10.7. The summed E-state index contributed by atoms with van der Waals surface area (Å²) in [5, 5.41) is 13.8. The largest absolute Gasteiger partial charge is 0.452 e. The van der Waals surface area contributed by atoms with Crippen LogP contribution in [0.5, 0.6) is 0 Å². The number of halogens is 1. The van der Waals surface area contributed by atoms with E-state index in [0.29, 0.717) is 12.5 Å². The zero-order valence-electron chi connectivity index (χ0n) is 14.4. The lowest BCUT2D eigenvalue weighted by molar-refractivity contribution is -0.385. The fraction of sp³-hybridized carbons (Fsp3) is 0.529. The summed E-state index contributed by atoms with van der Waals surface area (Å²) in [5.74, 6) is -0.978. The van der Waals surface area contributed by atoms with Crippen molar-refractivity contribution >= 4 is 29.2 Å². The molecule has 1 rings (SSSR count). The van der Waals surface area contributed by atoms with E-state index in [0.717, 1.165) is 31.7 Å². The molecular formula is C17H23ClN2O5. The third kappa shape index (κ3) is 7.09. The average molecular weight is 371 g/mol. The van der Waals surface area contributed by atoms with E-state index in [1.54, 1.807) is 0 Å². The maximum absolute atomic E-state index is 12.0. The lowest BCUT2D eigenvalue weighted by Gasteiger charge is -2.15. The van der Waals surface area contributed by atoms with Crippen LogP contribution in [0.1, 0.15) is 49.9 Å². The molecule has 0 fully saturated rings. The Morgan fingerprint density at radius 3 is 2.68 bits per heavy atom. The lowest BCUT2D eigenvalue weighted by atomic mass is 9.99. The van der Waals surface area contributed by atoms with E-state index in [1.165, 1.54) is 12.1 Å². The molecule has 0 saturated heterocycles. The van der Waals surface area contributed by atoms with Crippen LogP contribution in [0.15, 0.2) is 18.2 Å². The Morgan fingerprint density at radius 1 is 1.36 bits per heavy atom. The average Bonchev–Trinajstić information content (AvgIpc) is 2.59. The molecular weight excluding hydrogens is 348 g/mol. The second-order valence-corrected chi connectivity index (χ2v) is 6.15. The minimum atomic E-state index is -0.934. The van der Waals surface area contributed by atoms with Gasteiger partial charge in [0.25, 0.3) is 11.6 Å². The molecule has 7 nitrogen and oxygen atoms in total. The molecule has 1 N–H and O–H groups in total. The second-order valence-electron chi connectivity index (χ2n) is 5.72. The Kier molecular flexibility index (Phi) is 8.91. The fourth-order valence-electron chi connectivity index (χ4n) is 2.29. The molecule has 0 radical (unpaired) electrons. The van der Waals surface area contributed by atoms with Crippen LogP contribution < -0.4 is 5.32 Å². The molecule has 8 heteroatoms. The highest BCUT2D eigenvalue weighted by Gasteiger charge is 2.22. The maximum Gasteiger partial charge on any atom is 0.345 e. The first-order valence-electron chi connectivity index (χ1n) is 8.26. The van der Waals surface area contributed by atoms with Crippen molar-refractivity contribution < 1.29 is 19.2 Å². The van der Waals surface area contributed by atoms with Crippen LogP contribution in [0.3, 0.4) is 0 Å². The monoisotopic (exact) mass is 370 g/mol. The van der Waals surface area contributed by atoms with Crippen LogP contribution in [0.4, 0.5) is 5.69 Å². The Balaban J connectivity index is 2.53. The molecule has 0 aliphatic rings. The van der Waals surface area contributed by atoms with Gasteiger partial charge >= 0.3 is 5.97 Å². The fourth-order valence-corrected chi connectivity index (χ4v) is 2.46. The summed E-state index contributed by atoms with van der Waals surface area (Å²) < 4.78 is 4.87. The van der Waals surface area contributed by atoms with E-state index in [9.17, 15) is 19.7 Å². The lowest BCUT2D eigenvalue weighted by Crippen LogP contribution is -2.33. The minimum absolute atomic E-state index is 0.138. The van der Waals surface area contributed by atoms with Gasteiger partial charge in [-0.05, 0) is 24.5 Å². The molecule has 138 valence electrons. The molecule has 0 aliphatic carbocycles. The number of nitro benzene ring substituents is 1. The quantitative estimate of drug-likeness (QED) is 0.384. The third-order valence-corrected chi connectivity index (χ3v) is 4.08. The number of nitrogens with zero attached hydrogens (tertiary/aromatic N) is 1. The van der Waals surface area contributed by atoms with E-state index < -0.39 is 29.1 Å². The Hall–Kier alpha value is -2.15. The molecule has 0 saturated carbocycles. The van der Waals surface area contributed by atoms with E-state index in [2.05, 4.69) is 19.2 Å². The maximum atomic E-state index is 12.0. The number of hydrogen-bond donors (Lipinski definition) is 1. The van der Waals surface area contributed by atoms with E-state index >= 15 is 0 Å². The third-order valence-electron chi connectivity index (χ3n) is 3.84. The van der Waals surface area contributed by atoms with Crippen molar-refractivity contribution in [2.45, 2.75) is 39.5 Å². The number of carbonyl (C=O) groups excluding carboxylic acids is 2. The van der Waals surface area contributed by atoms with Crippen LogP contribution in [-0.2, 0) is 9.53 Å². The van der Waals surface area contributed by atoms with E-state index in [1.807, 2.05) is 0 Å². The number of amides is 1. The molecule has 0 unspecified atom stereocenters. The summed E-state index contributed by atoms with van der Waals surface area (Å²) in [4.78, 5) is 34.0. The summed E-state index contributed by atoms with van der Waals surface area (Å²) in [6, 6.07) is 3.63. The van der Waals surface area contributed by atoms with Crippen LogP contribution in [0, 0.1) is 16.0 Å². The SMILES string of the molecule is CCCC[C@@H](CC)CNC(=O)COC(=O)c1ccc(Cl)cc1[N+](=O)[O-]. The van der Waals surface area contributed by atoms with Crippen LogP contribution in [-0.4, -0.2) is 30.0 Å². The van der Waals surface area contributed by atoms with Gasteiger partial charge in [0.05, 0.1) is 4.92 Å². The molecule has 0 bridgehead atoms. The smallest absolute Gasteiger partial charge is 0.345 e. The molecule has 1 aromatic rings.